The van der Waals surface area contributed by atoms with E-state index < -0.39 is 0 Å². The molecule has 0 N–H and O–H groups in total. The Kier molecular flexibility index (Phi) is 7.85. The van der Waals surface area contributed by atoms with Crippen molar-refractivity contribution in [2.75, 3.05) is 0 Å². The summed E-state index contributed by atoms with van der Waals surface area (Å²) in [6.07, 6.45) is 13.4. The predicted octanol–water partition coefficient (Wildman–Crippen LogP) is 5.08. The largest absolute Gasteiger partial charge is 0.272 e. The quantitative estimate of drug-likeness (QED) is 0.539. The lowest BCUT2D eigenvalue weighted by Gasteiger charge is -2.04. The molecule has 0 bridgehead atoms. The first-order chi connectivity index (χ1) is 9.08. The van der Waals surface area contributed by atoms with Crippen LogP contribution < -0.4 is 0 Å². The Morgan fingerprint density at radius 2 is 1.58 bits per heavy atom. The lowest BCUT2D eigenvalue weighted by molar-refractivity contribution is 0.491. The normalized spacial score (nSPS) is 11.7. The lowest BCUT2D eigenvalue weighted by atomic mass is 10.0. The fourth-order valence-electron chi connectivity index (χ4n) is 2.37. The molecule has 1 heterocycles. The topological polar surface area (TPSA) is 17.8 Å². The fourth-order valence-corrected chi connectivity index (χ4v) is 2.37. The van der Waals surface area contributed by atoms with Crippen molar-refractivity contribution in [1.82, 2.24) is 9.78 Å². The summed E-state index contributed by atoms with van der Waals surface area (Å²) in [5, 5.41) is 4.46. The highest BCUT2D eigenvalue weighted by Gasteiger charge is 2.00. The van der Waals surface area contributed by atoms with E-state index in [0.717, 1.165) is 18.4 Å². The zero-order valence-corrected chi connectivity index (χ0v) is 13.4. The van der Waals surface area contributed by atoms with Crippen LogP contribution in [0.3, 0.4) is 0 Å². The van der Waals surface area contributed by atoms with E-state index >= 15 is 0 Å². The van der Waals surface area contributed by atoms with Crippen molar-refractivity contribution in [1.29, 1.82) is 0 Å². The van der Waals surface area contributed by atoms with Crippen LogP contribution in [0.2, 0.25) is 0 Å². The number of aryl methyl sites for hydroxylation is 2. The average Bonchev–Trinajstić information content (AvgIpc) is 2.78. The standard InChI is InChI=1S/C17H32N2/c1-15(2)9-5-6-11-17-13-18-19(14-17)12-8-7-10-16(3)4/h13-16H,5-12H2,1-4H3. The van der Waals surface area contributed by atoms with E-state index in [4.69, 9.17) is 0 Å². The third-order valence-corrected chi connectivity index (χ3v) is 3.60. The number of rotatable bonds is 10. The Morgan fingerprint density at radius 1 is 0.947 bits per heavy atom. The number of nitrogens with zero attached hydrogens (tertiary/aromatic N) is 2. The SMILES string of the molecule is CC(C)CCCCc1cnn(CCCCC(C)C)c1. The van der Waals surface area contributed by atoms with Gasteiger partial charge in [0.25, 0.3) is 0 Å². The molecule has 0 atom stereocenters. The maximum absolute atomic E-state index is 4.46. The molecule has 0 aliphatic rings. The zero-order chi connectivity index (χ0) is 14.1. The van der Waals surface area contributed by atoms with Gasteiger partial charge in [-0.3, -0.25) is 4.68 Å². The first-order valence-electron chi connectivity index (χ1n) is 8.09. The molecule has 1 aromatic heterocycles. The Balaban J connectivity index is 2.14. The molecule has 2 heteroatoms. The van der Waals surface area contributed by atoms with Gasteiger partial charge < -0.3 is 0 Å². The van der Waals surface area contributed by atoms with Crippen molar-refractivity contribution in [2.45, 2.75) is 79.2 Å². The number of hydrogen-bond acceptors (Lipinski definition) is 1. The first-order valence-corrected chi connectivity index (χ1v) is 8.09. The first kappa shape index (κ1) is 16.3. The second kappa shape index (κ2) is 9.17. The maximum Gasteiger partial charge on any atom is 0.0521 e. The molecule has 0 radical (unpaired) electrons. The van der Waals surface area contributed by atoms with E-state index in [0.29, 0.717) is 0 Å². The van der Waals surface area contributed by atoms with Crippen molar-refractivity contribution in [3.05, 3.63) is 18.0 Å². The summed E-state index contributed by atoms with van der Waals surface area (Å²) in [4.78, 5) is 0. The summed E-state index contributed by atoms with van der Waals surface area (Å²) in [6, 6.07) is 0. The fraction of sp³-hybridized carbons (Fsp3) is 0.824. The van der Waals surface area contributed by atoms with Crippen LogP contribution in [-0.4, -0.2) is 9.78 Å². The third-order valence-electron chi connectivity index (χ3n) is 3.60. The van der Waals surface area contributed by atoms with Gasteiger partial charge in [0.05, 0.1) is 6.20 Å². The zero-order valence-electron chi connectivity index (χ0n) is 13.4. The monoisotopic (exact) mass is 264 g/mol. The lowest BCUT2D eigenvalue weighted by Crippen LogP contribution is -1.99. The number of unbranched alkanes of at least 4 members (excludes halogenated alkanes) is 2. The molecule has 0 unspecified atom stereocenters. The van der Waals surface area contributed by atoms with Gasteiger partial charge in [-0.15, -0.1) is 0 Å². The summed E-state index contributed by atoms with van der Waals surface area (Å²) >= 11 is 0. The molecule has 19 heavy (non-hydrogen) atoms. The van der Waals surface area contributed by atoms with Crippen molar-refractivity contribution in [3.63, 3.8) is 0 Å². The molecule has 0 aliphatic carbocycles. The van der Waals surface area contributed by atoms with Crippen LogP contribution in [-0.2, 0) is 13.0 Å². The summed E-state index contributed by atoms with van der Waals surface area (Å²) < 4.78 is 2.12. The van der Waals surface area contributed by atoms with E-state index in [1.54, 1.807) is 0 Å². The smallest absolute Gasteiger partial charge is 0.0521 e. The molecular weight excluding hydrogens is 232 g/mol. The molecule has 0 aliphatic heterocycles. The summed E-state index contributed by atoms with van der Waals surface area (Å²) in [7, 11) is 0. The van der Waals surface area contributed by atoms with Crippen LogP contribution >= 0.6 is 0 Å². The molecule has 1 aromatic rings. The van der Waals surface area contributed by atoms with Crippen molar-refractivity contribution >= 4 is 0 Å². The summed E-state index contributed by atoms with van der Waals surface area (Å²) in [6.45, 7) is 10.3. The van der Waals surface area contributed by atoms with Gasteiger partial charge in [0.15, 0.2) is 0 Å². The van der Waals surface area contributed by atoms with Crippen molar-refractivity contribution in [3.8, 4) is 0 Å². The number of aromatic nitrogens is 2. The minimum absolute atomic E-state index is 0.828. The van der Waals surface area contributed by atoms with Gasteiger partial charge in [0.2, 0.25) is 0 Å². The van der Waals surface area contributed by atoms with E-state index in [1.165, 1.54) is 50.5 Å². The predicted molar refractivity (Wildman–Crippen MR) is 83.3 cm³/mol. The van der Waals surface area contributed by atoms with Crippen LogP contribution in [0.4, 0.5) is 0 Å². The van der Waals surface area contributed by atoms with Crippen LogP contribution in [0, 0.1) is 11.8 Å². The minimum atomic E-state index is 0.828. The van der Waals surface area contributed by atoms with Gasteiger partial charge in [0, 0.05) is 12.7 Å². The Morgan fingerprint density at radius 3 is 2.21 bits per heavy atom. The third kappa shape index (κ3) is 8.07. The highest BCUT2D eigenvalue weighted by molar-refractivity contribution is 5.03. The molecule has 0 spiro atoms. The van der Waals surface area contributed by atoms with Gasteiger partial charge in [-0.1, -0.05) is 53.4 Å². The molecule has 0 saturated carbocycles. The highest BCUT2D eigenvalue weighted by atomic mass is 15.3. The average molecular weight is 264 g/mol. The van der Waals surface area contributed by atoms with Crippen LogP contribution in [0.1, 0.15) is 71.8 Å². The van der Waals surface area contributed by atoms with E-state index in [1.807, 2.05) is 0 Å². The molecular formula is C17H32N2. The minimum Gasteiger partial charge on any atom is -0.272 e. The van der Waals surface area contributed by atoms with Crippen LogP contribution in [0.25, 0.3) is 0 Å². The molecule has 1 rings (SSSR count). The van der Waals surface area contributed by atoms with Gasteiger partial charge in [-0.05, 0) is 36.7 Å². The van der Waals surface area contributed by atoms with Crippen LogP contribution in [0.5, 0.6) is 0 Å². The van der Waals surface area contributed by atoms with Gasteiger partial charge in [-0.2, -0.15) is 5.10 Å². The maximum atomic E-state index is 4.46. The molecule has 0 aromatic carbocycles. The second-order valence-electron chi connectivity index (χ2n) is 6.64. The second-order valence-corrected chi connectivity index (χ2v) is 6.64. The van der Waals surface area contributed by atoms with E-state index in [9.17, 15) is 0 Å². The van der Waals surface area contributed by atoms with Gasteiger partial charge in [-0.25, -0.2) is 0 Å². The Hall–Kier alpha value is -0.790. The molecule has 0 fully saturated rings. The molecule has 0 saturated heterocycles. The Bertz CT molecular complexity index is 295. The van der Waals surface area contributed by atoms with Gasteiger partial charge >= 0.3 is 0 Å². The number of hydrogen-bond donors (Lipinski definition) is 0. The summed E-state index contributed by atoms with van der Waals surface area (Å²) in [5.74, 6) is 1.66. The van der Waals surface area contributed by atoms with Crippen molar-refractivity contribution < 1.29 is 0 Å². The van der Waals surface area contributed by atoms with Crippen molar-refractivity contribution in [2.24, 2.45) is 11.8 Å². The van der Waals surface area contributed by atoms with E-state index in [-0.39, 0.29) is 0 Å². The highest BCUT2D eigenvalue weighted by Crippen LogP contribution is 2.11. The van der Waals surface area contributed by atoms with Crippen LogP contribution in [0.15, 0.2) is 12.4 Å². The molecule has 110 valence electrons. The van der Waals surface area contributed by atoms with Gasteiger partial charge in [0.1, 0.15) is 0 Å². The Labute approximate surface area is 119 Å². The molecule has 2 nitrogen and oxygen atoms in total. The summed E-state index contributed by atoms with van der Waals surface area (Å²) in [5.41, 5.74) is 1.41. The van der Waals surface area contributed by atoms with E-state index in [2.05, 4.69) is 49.9 Å². The molecule has 0 amide bonds.